The second-order valence-corrected chi connectivity index (χ2v) is 14.7. The molecule has 3 atom stereocenters. The number of aryl methyl sites for hydroxylation is 1. The molecule has 0 aliphatic rings. The molecule has 4 rings (SSSR count). The van der Waals surface area contributed by atoms with Gasteiger partial charge in [0.15, 0.2) is 11.0 Å². The van der Waals surface area contributed by atoms with Gasteiger partial charge in [-0.25, -0.2) is 9.97 Å². The molecule has 0 saturated carbocycles. The molecule has 2 aromatic heterocycles. The standard InChI is InChI=1S/C35H44N8O4S2/c1-35(2,3)19-27(42-31(46)26(18-23-20-48-21-39-23)40-29(44)16-15-22-10-5-4-6-11-22)32(47)41-25(13-9-17-38-34(36)37)30(45)33-43-24-12-7-8-14-28(24)49-33/h4-8,10-12,14,20-21,25-27H,9,13,15-19H2,1-3H3,(H,40,44)(H,41,47)(H,42,46)(H4,36,37,38)/t25-,26-,27-/m0/s1. The van der Waals surface area contributed by atoms with Crippen molar-refractivity contribution in [3.8, 4) is 0 Å². The second-order valence-electron chi connectivity index (χ2n) is 13.0. The first-order valence-corrected chi connectivity index (χ1v) is 17.9. The van der Waals surface area contributed by atoms with Crippen molar-refractivity contribution in [1.29, 1.82) is 0 Å². The maximum Gasteiger partial charge on any atom is 0.243 e. The lowest BCUT2D eigenvalue weighted by atomic mass is 9.87. The van der Waals surface area contributed by atoms with Gasteiger partial charge in [0.1, 0.15) is 12.1 Å². The van der Waals surface area contributed by atoms with E-state index in [-0.39, 0.29) is 60.3 Å². The molecule has 49 heavy (non-hydrogen) atoms. The van der Waals surface area contributed by atoms with E-state index >= 15 is 0 Å². The fraction of sp³-hybridized carbons (Fsp3) is 0.400. The van der Waals surface area contributed by atoms with Crippen LogP contribution in [-0.2, 0) is 27.2 Å². The molecular weight excluding hydrogens is 661 g/mol. The number of fused-ring (bicyclic) bond motifs is 1. The van der Waals surface area contributed by atoms with E-state index in [0.29, 0.717) is 24.1 Å². The monoisotopic (exact) mass is 704 g/mol. The molecule has 7 N–H and O–H groups in total. The fourth-order valence-electron chi connectivity index (χ4n) is 5.19. The molecule has 0 aliphatic carbocycles. The average molecular weight is 705 g/mol. The first-order chi connectivity index (χ1) is 23.4. The van der Waals surface area contributed by atoms with Gasteiger partial charge in [-0.3, -0.25) is 24.2 Å². The van der Waals surface area contributed by atoms with Crippen LogP contribution in [0.15, 0.2) is 70.5 Å². The molecular formula is C35H44N8O4S2. The number of aromatic nitrogens is 2. The third kappa shape index (κ3) is 12.1. The van der Waals surface area contributed by atoms with Gasteiger partial charge in [-0.1, -0.05) is 63.2 Å². The molecule has 0 aliphatic heterocycles. The van der Waals surface area contributed by atoms with E-state index in [2.05, 4.69) is 30.9 Å². The van der Waals surface area contributed by atoms with Gasteiger partial charge >= 0.3 is 0 Å². The number of nitrogens with one attached hydrogen (secondary N) is 3. The number of guanidine groups is 1. The lowest BCUT2D eigenvalue weighted by Gasteiger charge is -2.29. The summed E-state index contributed by atoms with van der Waals surface area (Å²) in [5, 5.41) is 10.7. The van der Waals surface area contributed by atoms with E-state index in [1.165, 1.54) is 22.7 Å². The smallest absolute Gasteiger partial charge is 0.243 e. The van der Waals surface area contributed by atoms with Crippen molar-refractivity contribution in [2.45, 2.75) is 77.4 Å². The summed E-state index contributed by atoms with van der Waals surface area (Å²) in [6.45, 7) is 6.13. The van der Waals surface area contributed by atoms with E-state index in [9.17, 15) is 19.2 Å². The number of carbonyl (C=O) groups is 4. The Kier molecular flexibility index (Phi) is 13.4. The number of nitrogens with zero attached hydrogens (tertiary/aromatic N) is 3. The molecule has 14 heteroatoms. The highest BCUT2D eigenvalue weighted by atomic mass is 32.1. The molecule has 0 radical (unpaired) electrons. The van der Waals surface area contributed by atoms with Crippen LogP contribution >= 0.6 is 22.7 Å². The zero-order valence-corrected chi connectivity index (χ0v) is 29.6. The van der Waals surface area contributed by atoms with Gasteiger partial charge in [-0.2, -0.15) is 0 Å². The summed E-state index contributed by atoms with van der Waals surface area (Å²) < 4.78 is 0.853. The number of rotatable bonds is 17. The van der Waals surface area contributed by atoms with Crippen molar-refractivity contribution in [3.05, 3.63) is 81.8 Å². The highest BCUT2D eigenvalue weighted by Crippen LogP contribution is 2.24. The summed E-state index contributed by atoms with van der Waals surface area (Å²) in [5.41, 5.74) is 14.6. The molecule has 0 saturated heterocycles. The number of thiazole rings is 2. The second kappa shape index (κ2) is 17.6. The number of carbonyl (C=O) groups excluding carboxylic acids is 4. The van der Waals surface area contributed by atoms with Gasteiger partial charge < -0.3 is 27.4 Å². The van der Waals surface area contributed by atoms with Gasteiger partial charge in [0.05, 0.1) is 27.5 Å². The maximum absolute atomic E-state index is 14.0. The lowest BCUT2D eigenvalue weighted by Crippen LogP contribution is -2.57. The number of Topliss-reactive ketones (excluding diaryl/α,β-unsaturated/α-hetero) is 1. The Morgan fingerprint density at radius 2 is 1.59 bits per heavy atom. The van der Waals surface area contributed by atoms with Crippen LogP contribution in [0.1, 0.15) is 67.5 Å². The first kappa shape index (κ1) is 37.1. The summed E-state index contributed by atoms with van der Waals surface area (Å²) in [6, 6.07) is 14.1. The minimum absolute atomic E-state index is 0.0644. The Labute approximate surface area is 294 Å². The van der Waals surface area contributed by atoms with Gasteiger partial charge in [0, 0.05) is 24.8 Å². The van der Waals surface area contributed by atoms with Crippen LogP contribution in [0, 0.1) is 5.41 Å². The Morgan fingerprint density at radius 3 is 2.27 bits per heavy atom. The number of hydrogen-bond acceptors (Lipinski definition) is 9. The SMILES string of the molecule is CC(C)(C)C[C@H](NC(=O)[C@H](Cc1cscn1)NC(=O)CCc1ccccc1)C(=O)N[C@@H](CCCN=C(N)N)C(=O)c1nc2ccccc2s1. The lowest BCUT2D eigenvalue weighted by molar-refractivity contribution is -0.132. The zero-order chi connectivity index (χ0) is 35.4. The number of amides is 3. The Balaban J connectivity index is 1.52. The third-order valence-corrected chi connectivity index (χ3v) is 9.25. The molecule has 0 unspecified atom stereocenters. The van der Waals surface area contributed by atoms with E-state index in [1.807, 2.05) is 80.7 Å². The average Bonchev–Trinajstić information content (AvgIpc) is 3.74. The van der Waals surface area contributed by atoms with E-state index in [1.54, 1.807) is 5.51 Å². The van der Waals surface area contributed by atoms with Crippen molar-refractivity contribution in [1.82, 2.24) is 25.9 Å². The predicted octanol–water partition coefficient (Wildman–Crippen LogP) is 3.76. The van der Waals surface area contributed by atoms with Crippen molar-refractivity contribution in [2.24, 2.45) is 21.9 Å². The van der Waals surface area contributed by atoms with Gasteiger partial charge in [-0.05, 0) is 48.8 Å². The molecule has 3 amide bonds. The molecule has 0 fully saturated rings. The van der Waals surface area contributed by atoms with Crippen LogP contribution in [0.5, 0.6) is 0 Å². The van der Waals surface area contributed by atoms with Crippen molar-refractivity contribution in [2.75, 3.05) is 6.54 Å². The Morgan fingerprint density at radius 1 is 0.898 bits per heavy atom. The number of aliphatic imine (C=N–C) groups is 1. The summed E-state index contributed by atoms with van der Waals surface area (Å²) in [5.74, 6) is -1.74. The third-order valence-electron chi connectivity index (χ3n) is 7.56. The van der Waals surface area contributed by atoms with E-state index in [0.717, 1.165) is 10.3 Å². The van der Waals surface area contributed by atoms with Gasteiger partial charge in [-0.15, -0.1) is 22.7 Å². The van der Waals surface area contributed by atoms with Gasteiger partial charge in [0.2, 0.25) is 23.5 Å². The topological polar surface area (TPSA) is 195 Å². The molecule has 2 aromatic carbocycles. The minimum Gasteiger partial charge on any atom is -0.370 e. The van der Waals surface area contributed by atoms with Crippen LogP contribution < -0.4 is 27.4 Å². The highest BCUT2D eigenvalue weighted by molar-refractivity contribution is 7.20. The molecule has 0 bridgehead atoms. The molecule has 2 heterocycles. The summed E-state index contributed by atoms with van der Waals surface area (Å²) in [6.07, 6.45) is 1.79. The van der Waals surface area contributed by atoms with Crippen molar-refractivity contribution >= 4 is 62.4 Å². The Bertz CT molecular complexity index is 1700. The van der Waals surface area contributed by atoms with Gasteiger partial charge in [0.25, 0.3) is 0 Å². The van der Waals surface area contributed by atoms with E-state index < -0.39 is 29.9 Å². The van der Waals surface area contributed by atoms with Crippen LogP contribution in [0.3, 0.4) is 0 Å². The van der Waals surface area contributed by atoms with Crippen LogP contribution in [0.2, 0.25) is 0 Å². The largest absolute Gasteiger partial charge is 0.370 e. The highest BCUT2D eigenvalue weighted by Gasteiger charge is 2.33. The molecule has 4 aromatic rings. The molecule has 12 nitrogen and oxygen atoms in total. The summed E-state index contributed by atoms with van der Waals surface area (Å²) >= 11 is 2.64. The maximum atomic E-state index is 14.0. The normalized spacial score (nSPS) is 13.2. The van der Waals surface area contributed by atoms with E-state index in [4.69, 9.17) is 11.5 Å². The summed E-state index contributed by atoms with van der Waals surface area (Å²) in [4.78, 5) is 67.5. The number of para-hydroxylation sites is 1. The fourth-order valence-corrected chi connectivity index (χ4v) is 6.72. The summed E-state index contributed by atoms with van der Waals surface area (Å²) in [7, 11) is 0. The van der Waals surface area contributed by atoms with Crippen LogP contribution in [-0.4, -0.2) is 64.1 Å². The first-order valence-electron chi connectivity index (χ1n) is 16.1. The van der Waals surface area contributed by atoms with Crippen molar-refractivity contribution in [3.63, 3.8) is 0 Å². The zero-order valence-electron chi connectivity index (χ0n) is 28.0. The molecule has 260 valence electrons. The number of hydrogen-bond donors (Lipinski definition) is 5. The van der Waals surface area contributed by atoms with Crippen LogP contribution in [0.25, 0.3) is 10.2 Å². The van der Waals surface area contributed by atoms with Crippen molar-refractivity contribution < 1.29 is 19.2 Å². The number of benzene rings is 2. The minimum atomic E-state index is -1.00. The number of nitrogens with two attached hydrogens (primary N) is 2. The quantitative estimate of drug-likeness (QED) is 0.0474. The molecule has 0 spiro atoms. The van der Waals surface area contributed by atoms with Crippen LogP contribution in [0.4, 0.5) is 0 Å². The predicted molar refractivity (Wildman–Crippen MR) is 194 cm³/mol. The Hall–Kier alpha value is -4.69. The number of ketones is 1.